The average Bonchev–Trinajstić information content (AvgIpc) is 3.40. The topological polar surface area (TPSA) is 33.2 Å². The van der Waals surface area contributed by atoms with Crippen molar-refractivity contribution in [3.8, 4) is 11.3 Å². The third-order valence-corrected chi connectivity index (χ3v) is 7.57. The van der Waals surface area contributed by atoms with E-state index in [1.54, 1.807) is 34.4 Å². The Balaban J connectivity index is 1.38. The molecule has 1 saturated heterocycles. The van der Waals surface area contributed by atoms with Crippen molar-refractivity contribution in [1.82, 2.24) is 9.88 Å². The Kier molecular flexibility index (Phi) is 5.43. The number of thiazole rings is 1. The molecule has 0 N–H and O–H groups in total. The molecule has 1 aliphatic rings. The number of carbonyl (C=O) groups is 1. The first kappa shape index (κ1) is 17.8. The van der Waals surface area contributed by atoms with Gasteiger partial charge in [-0.2, -0.15) is 0 Å². The van der Waals surface area contributed by atoms with Gasteiger partial charge < -0.3 is 4.90 Å². The second kappa shape index (κ2) is 7.94. The fraction of sp³-hybridized carbons (Fsp3) is 0.300. The first-order valence-corrected chi connectivity index (χ1v) is 11.4. The van der Waals surface area contributed by atoms with Gasteiger partial charge in [0.15, 0.2) is 4.34 Å². The lowest BCUT2D eigenvalue weighted by molar-refractivity contribution is -0.129. The van der Waals surface area contributed by atoms with Gasteiger partial charge in [0, 0.05) is 22.4 Å². The SMILES string of the molecule is Cc1ccc(-c2csc(SCC(=O)N3CCC[C@H]3c3cccs3)n2)cc1. The van der Waals surface area contributed by atoms with E-state index in [0.717, 1.165) is 35.0 Å². The van der Waals surface area contributed by atoms with Gasteiger partial charge in [0.05, 0.1) is 17.5 Å². The van der Waals surface area contributed by atoms with Crippen molar-refractivity contribution in [2.45, 2.75) is 30.1 Å². The van der Waals surface area contributed by atoms with E-state index in [4.69, 9.17) is 4.98 Å². The van der Waals surface area contributed by atoms with Crippen LogP contribution in [0.1, 0.15) is 29.3 Å². The van der Waals surface area contributed by atoms with Crippen LogP contribution in [0.5, 0.6) is 0 Å². The molecule has 134 valence electrons. The molecular weight excluding hydrogens is 380 g/mol. The van der Waals surface area contributed by atoms with Gasteiger partial charge in [-0.3, -0.25) is 4.79 Å². The second-order valence-electron chi connectivity index (χ2n) is 6.41. The van der Waals surface area contributed by atoms with Gasteiger partial charge in [0.1, 0.15) is 0 Å². The molecule has 1 aromatic carbocycles. The molecule has 0 aliphatic carbocycles. The number of amides is 1. The number of aromatic nitrogens is 1. The Morgan fingerprint density at radius 1 is 1.27 bits per heavy atom. The minimum atomic E-state index is 0.220. The molecule has 3 nitrogen and oxygen atoms in total. The quantitative estimate of drug-likeness (QED) is 0.520. The number of hydrogen-bond acceptors (Lipinski definition) is 5. The summed E-state index contributed by atoms with van der Waals surface area (Å²) in [5, 5.41) is 4.16. The first-order chi connectivity index (χ1) is 12.7. The number of nitrogens with zero attached hydrogens (tertiary/aromatic N) is 2. The maximum atomic E-state index is 12.7. The highest BCUT2D eigenvalue weighted by Crippen LogP contribution is 2.35. The zero-order chi connectivity index (χ0) is 17.9. The number of carbonyl (C=O) groups excluding carboxylic acids is 1. The summed E-state index contributed by atoms with van der Waals surface area (Å²) < 4.78 is 0.959. The molecule has 0 spiro atoms. The summed E-state index contributed by atoms with van der Waals surface area (Å²) in [6, 6.07) is 12.9. The Bertz CT molecular complexity index is 871. The van der Waals surface area contributed by atoms with Gasteiger partial charge in [-0.1, -0.05) is 47.7 Å². The first-order valence-electron chi connectivity index (χ1n) is 8.69. The van der Waals surface area contributed by atoms with Crippen LogP contribution < -0.4 is 0 Å². The second-order valence-corrected chi connectivity index (χ2v) is 9.47. The van der Waals surface area contributed by atoms with Crippen molar-refractivity contribution in [2.24, 2.45) is 0 Å². The van der Waals surface area contributed by atoms with Crippen molar-refractivity contribution in [1.29, 1.82) is 0 Å². The number of aryl methyl sites for hydroxylation is 1. The van der Waals surface area contributed by atoms with Crippen molar-refractivity contribution in [3.63, 3.8) is 0 Å². The third kappa shape index (κ3) is 3.87. The Morgan fingerprint density at radius 2 is 2.12 bits per heavy atom. The largest absolute Gasteiger partial charge is 0.334 e. The molecule has 3 aromatic rings. The van der Waals surface area contributed by atoms with Crippen molar-refractivity contribution in [3.05, 3.63) is 57.6 Å². The lowest BCUT2D eigenvalue weighted by Crippen LogP contribution is -2.31. The summed E-state index contributed by atoms with van der Waals surface area (Å²) in [4.78, 5) is 20.8. The van der Waals surface area contributed by atoms with Gasteiger partial charge in [0.25, 0.3) is 0 Å². The zero-order valence-corrected chi connectivity index (χ0v) is 17.0. The van der Waals surface area contributed by atoms with Crippen molar-refractivity contribution >= 4 is 40.3 Å². The molecule has 1 amide bonds. The molecule has 0 radical (unpaired) electrons. The van der Waals surface area contributed by atoms with Gasteiger partial charge in [-0.05, 0) is 31.2 Å². The van der Waals surface area contributed by atoms with E-state index < -0.39 is 0 Å². The third-order valence-electron chi connectivity index (χ3n) is 4.59. The van der Waals surface area contributed by atoms with Crippen LogP contribution >= 0.6 is 34.4 Å². The summed E-state index contributed by atoms with van der Waals surface area (Å²) in [5.74, 6) is 0.681. The van der Waals surface area contributed by atoms with Crippen LogP contribution in [0.25, 0.3) is 11.3 Å². The van der Waals surface area contributed by atoms with Crippen LogP contribution in [0.2, 0.25) is 0 Å². The summed E-state index contributed by atoms with van der Waals surface area (Å²) in [7, 11) is 0. The van der Waals surface area contributed by atoms with E-state index in [9.17, 15) is 4.79 Å². The highest BCUT2D eigenvalue weighted by Gasteiger charge is 2.30. The van der Waals surface area contributed by atoms with Crippen LogP contribution in [0.4, 0.5) is 0 Å². The Labute approximate surface area is 166 Å². The average molecular weight is 401 g/mol. The molecular formula is C20H20N2OS3. The highest BCUT2D eigenvalue weighted by molar-refractivity contribution is 8.01. The molecule has 0 unspecified atom stereocenters. The lowest BCUT2D eigenvalue weighted by atomic mass is 10.1. The maximum absolute atomic E-state index is 12.7. The van der Waals surface area contributed by atoms with Crippen LogP contribution in [-0.2, 0) is 4.79 Å². The molecule has 1 atom stereocenters. The fourth-order valence-electron chi connectivity index (χ4n) is 3.23. The Hall–Kier alpha value is -1.63. The zero-order valence-electron chi connectivity index (χ0n) is 14.6. The summed E-state index contributed by atoms with van der Waals surface area (Å²) in [6.07, 6.45) is 2.17. The molecule has 0 bridgehead atoms. The molecule has 2 aromatic heterocycles. The minimum Gasteiger partial charge on any atom is -0.334 e. The maximum Gasteiger partial charge on any atom is 0.233 e. The van der Waals surface area contributed by atoms with E-state index in [-0.39, 0.29) is 11.9 Å². The summed E-state index contributed by atoms with van der Waals surface area (Å²) in [6.45, 7) is 2.95. The predicted octanol–water partition coefficient (Wildman–Crippen LogP) is 5.64. The smallest absolute Gasteiger partial charge is 0.233 e. The highest BCUT2D eigenvalue weighted by atomic mass is 32.2. The van der Waals surface area contributed by atoms with Gasteiger partial charge in [-0.15, -0.1) is 22.7 Å². The summed E-state index contributed by atoms with van der Waals surface area (Å²) >= 11 is 4.91. The predicted molar refractivity (Wildman–Crippen MR) is 111 cm³/mol. The standard InChI is InChI=1S/C20H20N2OS3/c1-14-6-8-15(9-7-14)16-12-25-20(21-16)26-13-19(23)22-10-2-4-17(22)18-5-3-11-24-18/h3,5-9,11-12,17H,2,4,10,13H2,1H3/t17-/m0/s1. The van der Waals surface area contributed by atoms with Crippen LogP contribution in [-0.4, -0.2) is 28.1 Å². The van der Waals surface area contributed by atoms with Crippen molar-refractivity contribution < 1.29 is 4.79 Å². The lowest BCUT2D eigenvalue weighted by Gasteiger charge is -2.23. The number of likely N-dealkylation sites (tertiary alicyclic amines) is 1. The Morgan fingerprint density at radius 3 is 2.88 bits per heavy atom. The minimum absolute atomic E-state index is 0.220. The van der Waals surface area contributed by atoms with Gasteiger partial charge in [0.2, 0.25) is 5.91 Å². The van der Waals surface area contributed by atoms with E-state index in [1.807, 2.05) is 4.90 Å². The van der Waals surface area contributed by atoms with Crippen molar-refractivity contribution in [2.75, 3.05) is 12.3 Å². The molecule has 1 aliphatic heterocycles. The molecule has 4 rings (SSSR count). The summed E-state index contributed by atoms with van der Waals surface area (Å²) in [5.41, 5.74) is 3.36. The molecule has 1 fully saturated rings. The molecule has 26 heavy (non-hydrogen) atoms. The van der Waals surface area contributed by atoms with Crippen LogP contribution in [0.3, 0.4) is 0 Å². The van der Waals surface area contributed by atoms with E-state index >= 15 is 0 Å². The number of rotatable bonds is 5. The number of thioether (sulfide) groups is 1. The van der Waals surface area contributed by atoms with E-state index in [0.29, 0.717) is 5.75 Å². The number of thiophene rings is 1. The van der Waals surface area contributed by atoms with E-state index in [1.165, 1.54) is 10.4 Å². The fourth-order valence-corrected chi connectivity index (χ4v) is 5.82. The van der Waals surface area contributed by atoms with Crippen LogP contribution in [0, 0.1) is 6.92 Å². The molecule has 3 heterocycles. The van der Waals surface area contributed by atoms with Crippen LogP contribution in [0.15, 0.2) is 51.5 Å². The number of benzene rings is 1. The monoisotopic (exact) mass is 400 g/mol. The van der Waals surface area contributed by atoms with Gasteiger partial charge in [-0.25, -0.2) is 4.98 Å². The molecule has 6 heteroatoms. The normalized spacial score (nSPS) is 17.0. The molecule has 0 saturated carbocycles. The van der Waals surface area contributed by atoms with Gasteiger partial charge >= 0.3 is 0 Å². The number of hydrogen-bond donors (Lipinski definition) is 0. The van der Waals surface area contributed by atoms with E-state index in [2.05, 4.69) is 54.1 Å².